The van der Waals surface area contributed by atoms with Crippen LogP contribution < -0.4 is 27.0 Å². The summed E-state index contributed by atoms with van der Waals surface area (Å²) in [6, 6.07) is -4.26. The molecule has 6 N–H and O–H groups in total. The van der Waals surface area contributed by atoms with Crippen LogP contribution in [0.15, 0.2) is 0 Å². The number of fused-ring (bicyclic) bond motifs is 1. The monoisotopic (exact) mass is 727 g/mol. The molecule has 3 aliphatic carbocycles. The Morgan fingerprint density at radius 2 is 1.35 bits per heavy atom. The van der Waals surface area contributed by atoms with Gasteiger partial charge < -0.3 is 36.8 Å². The van der Waals surface area contributed by atoms with Crippen molar-refractivity contribution in [2.75, 3.05) is 19.6 Å². The van der Waals surface area contributed by atoms with E-state index in [0.717, 1.165) is 38.5 Å². The number of urea groups is 1. The van der Waals surface area contributed by atoms with E-state index < -0.39 is 64.5 Å². The maximum atomic E-state index is 14.9. The summed E-state index contributed by atoms with van der Waals surface area (Å²) in [4.78, 5) is 85.3. The molecule has 4 unspecified atom stereocenters. The van der Waals surface area contributed by atoms with Crippen LogP contribution in [0.25, 0.3) is 0 Å². The highest BCUT2D eigenvalue weighted by Crippen LogP contribution is 2.88. The quantitative estimate of drug-likeness (QED) is 0.215. The zero-order valence-electron chi connectivity index (χ0n) is 33.2. The molecule has 3 saturated carbocycles. The Bertz CT molecular complexity index is 1450. The molecule has 0 bridgehead atoms. The Labute approximate surface area is 310 Å². The van der Waals surface area contributed by atoms with Crippen LogP contribution >= 0.6 is 0 Å². The number of nitrogens with two attached hydrogens (primary N) is 1. The molecular weight excluding hydrogens is 662 g/mol. The lowest BCUT2D eigenvalue weighted by Gasteiger charge is -2.41. The predicted molar refractivity (Wildman–Crippen MR) is 197 cm³/mol. The van der Waals surface area contributed by atoms with Crippen LogP contribution in [0, 0.1) is 33.0 Å². The third-order valence-corrected chi connectivity index (χ3v) is 13.7. The summed E-state index contributed by atoms with van der Waals surface area (Å²) in [6.45, 7) is 21.2. The number of hydrogen-bond donors (Lipinski definition) is 5. The number of ketones is 1. The summed E-state index contributed by atoms with van der Waals surface area (Å²) in [7, 11) is 0. The first-order valence-corrected chi connectivity index (χ1v) is 19.5. The highest BCUT2D eigenvalue weighted by molar-refractivity contribution is 6.37. The Kier molecular flexibility index (Phi) is 10.7. The normalized spacial score (nSPS) is 29.7. The second-order valence-corrected chi connectivity index (χ2v) is 19.6. The minimum absolute atomic E-state index is 0.0171. The first kappa shape index (κ1) is 40.0. The van der Waals surface area contributed by atoms with Crippen molar-refractivity contribution in [2.24, 2.45) is 38.7 Å². The van der Waals surface area contributed by atoms with E-state index in [1.807, 2.05) is 55.4 Å². The lowest BCUT2D eigenvalue weighted by Crippen LogP contribution is -2.64. The van der Waals surface area contributed by atoms with E-state index in [2.05, 4.69) is 35.1 Å². The molecule has 0 radical (unpaired) electrons. The molecule has 2 saturated heterocycles. The first-order chi connectivity index (χ1) is 24.0. The minimum Gasteiger partial charge on any atom is -0.363 e. The third-order valence-electron chi connectivity index (χ3n) is 13.7. The average Bonchev–Trinajstić information content (AvgIpc) is 3.19. The van der Waals surface area contributed by atoms with E-state index in [-0.39, 0.29) is 40.2 Å². The Balaban J connectivity index is 1.39. The highest BCUT2D eigenvalue weighted by atomic mass is 16.2. The van der Waals surface area contributed by atoms with Gasteiger partial charge >= 0.3 is 6.03 Å². The largest absolute Gasteiger partial charge is 0.363 e. The van der Waals surface area contributed by atoms with E-state index in [1.54, 1.807) is 9.80 Å². The van der Waals surface area contributed by atoms with Gasteiger partial charge in [0.1, 0.15) is 18.1 Å². The molecule has 13 nitrogen and oxygen atoms in total. The maximum absolute atomic E-state index is 14.9. The van der Waals surface area contributed by atoms with Crippen LogP contribution in [0.1, 0.15) is 121 Å². The molecular formula is C39H65N7O6. The number of carbonyl (C=O) groups is 6. The second-order valence-electron chi connectivity index (χ2n) is 19.6. The minimum atomic E-state index is -1.09. The lowest BCUT2D eigenvalue weighted by molar-refractivity contribution is -0.143. The Morgan fingerprint density at radius 1 is 0.808 bits per heavy atom. The van der Waals surface area contributed by atoms with E-state index in [9.17, 15) is 28.8 Å². The van der Waals surface area contributed by atoms with E-state index in [4.69, 9.17) is 5.73 Å². The number of rotatable bonds is 10. The van der Waals surface area contributed by atoms with E-state index in [1.165, 1.54) is 0 Å². The summed E-state index contributed by atoms with van der Waals surface area (Å²) < 4.78 is 0. The second kappa shape index (κ2) is 13.9. The van der Waals surface area contributed by atoms with Crippen molar-refractivity contribution in [3.63, 3.8) is 0 Å². The zero-order chi connectivity index (χ0) is 38.8. The maximum Gasteiger partial charge on any atom is 0.316 e. The number of nitrogens with one attached hydrogen (secondary N) is 4. The van der Waals surface area contributed by atoms with Gasteiger partial charge in [-0.15, -0.1) is 0 Å². The van der Waals surface area contributed by atoms with Crippen molar-refractivity contribution in [3.05, 3.63) is 0 Å². The molecule has 5 rings (SSSR count). The third kappa shape index (κ3) is 7.07. The molecule has 0 aromatic rings. The molecule has 5 aliphatic rings. The number of nitrogens with zero attached hydrogens (tertiary/aromatic N) is 2. The number of hydrogen-bond acceptors (Lipinski definition) is 7. The summed E-state index contributed by atoms with van der Waals surface area (Å²) in [5.41, 5.74) is 3.65. The molecule has 2 aliphatic heterocycles. The van der Waals surface area contributed by atoms with Crippen LogP contribution in [-0.4, -0.2) is 101 Å². The van der Waals surface area contributed by atoms with Crippen molar-refractivity contribution in [1.29, 1.82) is 0 Å². The number of piperazine rings is 1. The molecule has 0 aromatic heterocycles. The zero-order valence-corrected chi connectivity index (χ0v) is 33.2. The van der Waals surface area contributed by atoms with Crippen molar-refractivity contribution < 1.29 is 28.8 Å². The molecule has 2 spiro atoms. The van der Waals surface area contributed by atoms with Crippen molar-refractivity contribution in [2.45, 2.75) is 157 Å². The van der Waals surface area contributed by atoms with Crippen molar-refractivity contribution >= 4 is 35.4 Å². The van der Waals surface area contributed by atoms with Gasteiger partial charge in [-0.25, -0.2) is 4.79 Å². The summed E-state index contributed by atoms with van der Waals surface area (Å²) in [5.74, 6) is -2.74. The van der Waals surface area contributed by atoms with Crippen LogP contribution in [-0.2, 0) is 24.0 Å². The molecule has 5 fully saturated rings. The van der Waals surface area contributed by atoms with Crippen molar-refractivity contribution in [1.82, 2.24) is 31.1 Å². The van der Waals surface area contributed by atoms with Gasteiger partial charge in [0.25, 0.3) is 5.91 Å². The van der Waals surface area contributed by atoms with Gasteiger partial charge in [-0.1, -0.05) is 81.1 Å². The fourth-order valence-electron chi connectivity index (χ4n) is 10.3. The summed E-state index contributed by atoms with van der Waals surface area (Å²) in [6.07, 6.45) is 6.79. The number of primary amides is 1. The number of likely N-dealkylation sites (tertiary alicyclic amines) is 1. The van der Waals surface area contributed by atoms with Gasteiger partial charge in [0, 0.05) is 37.1 Å². The van der Waals surface area contributed by atoms with Gasteiger partial charge in [0.15, 0.2) is 0 Å². The SMILES string of the molecule is C[C@@H]1CN(C(=O)C(NC(=O)NC(C(=O)N2CC3(C[C@H]2C(=O)NC(CC2CCC2)C(=O)C(N)=O)C(C)(C)C32CCC2)C(C)(C)C)C(C)(C)C)C[C@H](C)N1. The van der Waals surface area contributed by atoms with Crippen molar-refractivity contribution in [3.8, 4) is 0 Å². The van der Waals surface area contributed by atoms with E-state index >= 15 is 0 Å². The Hall–Kier alpha value is -3.22. The van der Waals surface area contributed by atoms with Gasteiger partial charge in [-0.05, 0) is 67.1 Å². The number of carbonyl (C=O) groups excluding carboxylic acids is 6. The lowest BCUT2D eigenvalue weighted by atomic mass is 9.73. The van der Waals surface area contributed by atoms with Gasteiger partial charge in [-0.3, -0.25) is 24.0 Å². The topological polar surface area (TPSA) is 183 Å². The standard InChI is InChI=1S/C39H65N7O6/c1-22-19-45(20-23(2)41-22)32(50)28(35(3,4)5)43-34(52)44-29(36(6,7)8)33(51)46-21-39(37(9,10)38(39)15-12-16-38)18-26(46)31(49)42-25(27(47)30(40)48)17-24-13-11-14-24/h22-26,28-29,41H,11-21H2,1-10H3,(H2,40,48)(H,42,49)(H2,43,44,52)/t22-,23+,25?,26-,28?,29?,39?/m0/s1. The molecule has 7 atom stereocenters. The highest BCUT2D eigenvalue weighted by Gasteiger charge is 2.85. The first-order valence-electron chi connectivity index (χ1n) is 19.5. The van der Waals surface area contributed by atoms with Crippen LogP contribution in [0.5, 0.6) is 0 Å². The molecule has 0 aromatic carbocycles. The fraction of sp³-hybridized carbons (Fsp3) is 0.846. The summed E-state index contributed by atoms with van der Waals surface area (Å²) in [5, 5.41) is 12.2. The van der Waals surface area contributed by atoms with Gasteiger partial charge in [0.05, 0.1) is 6.04 Å². The van der Waals surface area contributed by atoms with E-state index in [0.29, 0.717) is 32.5 Å². The van der Waals surface area contributed by atoms with Crippen LogP contribution in [0.2, 0.25) is 0 Å². The number of Topliss-reactive ketones (excluding diaryl/α,β-unsaturated/α-hetero) is 1. The van der Waals surface area contributed by atoms with Crippen LogP contribution in [0.3, 0.4) is 0 Å². The van der Waals surface area contributed by atoms with Gasteiger partial charge in [-0.2, -0.15) is 0 Å². The van der Waals surface area contributed by atoms with Gasteiger partial charge in [0.2, 0.25) is 23.5 Å². The number of amides is 6. The Morgan fingerprint density at radius 3 is 1.77 bits per heavy atom. The van der Waals surface area contributed by atoms with Crippen LogP contribution in [0.4, 0.5) is 4.79 Å². The predicted octanol–water partition coefficient (Wildman–Crippen LogP) is 2.85. The molecule has 52 heavy (non-hydrogen) atoms. The average molecular weight is 728 g/mol. The molecule has 2 heterocycles. The smallest absolute Gasteiger partial charge is 0.316 e. The molecule has 13 heteroatoms. The molecule has 6 amide bonds. The fourth-order valence-corrected chi connectivity index (χ4v) is 10.3. The summed E-state index contributed by atoms with van der Waals surface area (Å²) >= 11 is 0. The molecule has 292 valence electrons.